The molecule has 2 atom stereocenters. The number of hydrogen-bond donors (Lipinski definition) is 2. The Hall–Kier alpha value is -1.19. The van der Waals surface area contributed by atoms with E-state index < -0.39 is 39.9 Å². The molecular formula is C6H9NO7S. The van der Waals surface area contributed by atoms with Crippen LogP contribution in [0.4, 0.5) is 0 Å². The second-order valence-corrected chi connectivity index (χ2v) is 4.57. The van der Waals surface area contributed by atoms with Crippen molar-refractivity contribution in [1.82, 2.24) is 5.06 Å². The van der Waals surface area contributed by atoms with Gasteiger partial charge in [0.1, 0.15) is 0 Å². The van der Waals surface area contributed by atoms with Gasteiger partial charge in [0.15, 0.2) is 11.5 Å². The lowest BCUT2D eigenvalue weighted by Gasteiger charge is -2.17. The Balaban J connectivity index is 2.89. The summed E-state index contributed by atoms with van der Waals surface area (Å²) >= 11 is 0. The van der Waals surface area contributed by atoms with Crippen molar-refractivity contribution < 1.29 is 32.5 Å². The molecule has 0 spiro atoms. The number of aliphatic hydroxyl groups is 1. The van der Waals surface area contributed by atoms with E-state index in [4.69, 9.17) is 4.55 Å². The maximum Gasteiger partial charge on any atom is 0.329 e. The van der Waals surface area contributed by atoms with Crippen molar-refractivity contribution in [2.24, 2.45) is 0 Å². The highest BCUT2D eigenvalue weighted by Crippen LogP contribution is 2.22. The van der Waals surface area contributed by atoms with Crippen LogP contribution >= 0.6 is 0 Å². The summed E-state index contributed by atoms with van der Waals surface area (Å²) in [5.74, 6) is -2.04. The zero-order valence-corrected chi connectivity index (χ0v) is 8.47. The molecule has 86 valence electrons. The van der Waals surface area contributed by atoms with Crippen molar-refractivity contribution in [3.05, 3.63) is 0 Å². The van der Waals surface area contributed by atoms with Crippen molar-refractivity contribution in [2.45, 2.75) is 24.8 Å². The minimum atomic E-state index is -4.60. The predicted octanol–water partition coefficient (Wildman–Crippen LogP) is -1.73. The van der Waals surface area contributed by atoms with Crippen LogP contribution in [0.15, 0.2) is 0 Å². The van der Waals surface area contributed by atoms with Crippen LogP contribution < -0.4 is 0 Å². The first-order valence-corrected chi connectivity index (χ1v) is 5.39. The maximum absolute atomic E-state index is 11.2. The van der Waals surface area contributed by atoms with Crippen LogP contribution in [0.1, 0.15) is 13.3 Å². The lowest BCUT2D eigenvalue weighted by atomic mass is 10.3. The van der Waals surface area contributed by atoms with Crippen LogP contribution in [0.25, 0.3) is 0 Å². The summed E-state index contributed by atoms with van der Waals surface area (Å²) < 4.78 is 30.0. The van der Waals surface area contributed by atoms with E-state index in [1.807, 2.05) is 0 Å². The van der Waals surface area contributed by atoms with E-state index in [-0.39, 0.29) is 5.06 Å². The molecule has 8 nitrogen and oxygen atoms in total. The molecule has 1 saturated heterocycles. The molecule has 9 heteroatoms. The minimum absolute atomic E-state index is 0.237. The number of rotatable bonds is 2. The van der Waals surface area contributed by atoms with Crippen LogP contribution in [-0.2, 0) is 24.5 Å². The summed E-state index contributed by atoms with van der Waals surface area (Å²) in [6, 6.07) is 0. The molecule has 0 aromatic carbocycles. The molecule has 1 aliphatic rings. The summed E-state index contributed by atoms with van der Waals surface area (Å²) in [6.45, 7) is 0.987. The first-order valence-electron chi connectivity index (χ1n) is 3.89. The molecule has 1 aliphatic heterocycles. The van der Waals surface area contributed by atoms with Gasteiger partial charge in [-0.15, -0.1) is 5.06 Å². The molecule has 0 aliphatic carbocycles. The van der Waals surface area contributed by atoms with E-state index >= 15 is 0 Å². The number of hydrogen-bond acceptors (Lipinski definition) is 6. The largest absolute Gasteiger partial charge is 0.370 e. The van der Waals surface area contributed by atoms with E-state index in [1.165, 1.54) is 0 Å². The fraction of sp³-hybridized carbons (Fsp3) is 0.667. The van der Waals surface area contributed by atoms with Gasteiger partial charge in [0.25, 0.3) is 16.0 Å². The van der Waals surface area contributed by atoms with Gasteiger partial charge in [0.2, 0.25) is 0 Å². The highest BCUT2D eigenvalue weighted by Gasteiger charge is 2.47. The molecule has 0 bridgehead atoms. The van der Waals surface area contributed by atoms with Crippen molar-refractivity contribution in [3.8, 4) is 0 Å². The zero-order valence-electron chi connectivity index (χ0n) is 7.65. The van der Waals surface area contributed by atoms with E-state index in [1.54, 1.807) is 0 Å². The van der Waals surface area contributed by atoms with E-state index in [2.05, 4.69) is 4.84 Å². The SMILES string of the molecule is CC(=O)ON1C(=O)C(S(=O)(=O)O)CC1O. The number of hydroxylamine groups is 2. The fourth-order valence-corrected chi connectivity index (χ4v) is 1.94. The van der Waals surface area contributed by atoms with Gasteiger partial charge in [-0.05, 0) is 0 Å². The minimum Gasteiger partial charge on any atom is -0.370 e. The number of carbonyl (C=O) groups is 2. The van der Waals surface area contributed by atoms with Crippen molar-refractivity contribution in [3.63, 3.8) is 0 Å². The Bertz CT molecular complexity index is 388. The normalized spacial score (nSPS) is 26.9. The summed E-state index contributed by atoms with van der Waals surface area (Å²) in [7, 11) is -4.60. The van der Waals surface area contributed by atoms with Gasteiger partial charge in [-0.2, -0.15) is 8.42 Å². The van der Waals surface area contributed by atoms with Crippen molar-refractivity contribution in [1.29, 1.82) is 0 Å². The lowest BCUT2D eigenvalue weighted by Crippen LogP contribution is -2.37. The van der Waals surface area contributed by atoms with E-state index in [9.17, 15) is 23.1 Å². The maximum atomic E-state index is 11.2. The molecular weight excluding hydrogens is 230 g/mol. The molecule has 1 amide bonds. The smallest absolute Gasteiger partial charge is 0.329 e. The second-order valence-electron chi connectivity index (χ2n) is 2.97. The number of amides is 1. The van der Waals surface area contributed by atoms with Crippen LogP contribution in [0.5, 0.6) is 0 Å². The average Bonchev–Trinajstić information content (AvgIpc) is 2.30. The third kappa shape index (κ3) is 2.43. The summed E-state index contributed by atoms with van der Waals surface area (Å²) in [5, 5.41) is 7.65. The van der Waals surface area contributed by atoms with Gasteiger partial charge in [-0.1, -0.05) is 0 Å². The molecule has 2 unspecified atom stereocenters. The van der Waals surface area contributed by atoms with Gasteiger partial charge in [-0.3, -0.25) is 14.1 Å². The fourth-order valence-electron chi connectivity index (χ4n) is 1.17. The predicted molar refractivity (Wildman–Crippen MR) is 44.6 cm³/mol. The van der Waals surface area contributed by atoms with E-state index in [0.717, 1.165) is 6.92 Å². The van der Waals surface area contributed by atoms with E-state index in [0.29, 0.717) is 0 Å². The zero-order chi connectivity index (χ0) is 11.8. The Morgan fingerprint density at radius 1 is 1.60 bits per heavy atom. The van der Waals surface area contributed by atoms with Crippen LogP contribution in [0, 0.1) is 0 Å². The van der Waals surface area contributed by atoms with Gasteiger partial charge in [-0.25, -0.2) is 0 Å². The highest BCUT2D eigenvalue weighted by molar-refractivity contribution is 7.87. The Labute approximate surface area is 85.1 Å². The molecule has 0 saturated carbocycles. The molecule has 0 radical (unpaired) electrons. The van der Waals surface area contributed by atoms with Crippen LogP contribution in [0.2, 0.25) is 0 Å². The Morgan fingerprint density at radius 2 is 2.13 bits per heavy atom. The lowest BCUT2D eigenvalue weighted by molar-refractivity contribution is -0.218. The number of carbonyl (C=O) groups excluding carboxylic acids is 2. The first-order chi connectivity index (χ1) is 6.73. The third-order valence-electron chi connectivity index (χ3n) is 1.77. The monoisotopic (exact) mass is 239 g/mol. The third-order valence-corrected chi connectivity index (χ3v) is 2.89. The van der Waals surface area contributed by atoms with Gasteiger partial charge in [0, 0.05) is 13.3 Å². The highest BCUT2D eigenvalue weighted by atomic mass is 32.2. The van der Waals surface area contributed by atoms with Crippen molar-refractivity contribution >= 4 is 22.0 Å². The number of aliphatic hydroxyl groups excluding tert-OH is 1. The Kier molecular flexibility index (Phi) is 2.98. The van der Waals surface area contributed by atoms with Gasteiger partial charge >= 0.3 is 5.97 Å². The number of nitrogens with zero attached hydrogens (tertiary/aromatic N) is 1. The summed E-state index contributed by atoms with van der Waals surface area (Å²) in [6.07, 6.45) is -2.10. The first kappa shape index (κ1) is 11.9. The van der Waals surface area contributed by atoms with Crippen molar-refractivity contribution in [2.75, 3.05) is 0 Å². The second kappa shape index (κ2) is 3.76. The standard InChI is InChI=1S/C6H9NO7S/c1-3(8)14-7-5(9)2-4(6(7)10)15(11,12)13/h4-5,9H,2H2,1H3,(H,11,12,13). The quantitative estimate of drug-likeness (QED) is 0.549. The van der Waals surface area contributed by atoms with Gasteiger partial charge in [0.05, 0.1) is 0 Å². The molecule has 15 heavy (non-hydrogen) atoms. The van der Waals surface area contributed by atoms with Crippen LogP contribution in [-0.4, -0.2) is 46.5 Å². The molecule has 2 N–H and O–H groups in total. The topological polar surface area (TPSA) is 121 Å². The molecule has 1 heterocycles. The summed E-state index contributed by atoms with van der Waals surface area (Å²) in [5.41, 5.74) is 0. The summed E-state index contributed by atoms with van der Waals surface area (Å²) in [4.78, 5) is 26.0. The molecule has 1 fully saturated rings. The van der Waals surface area contributed by atoms with Crippen LogP contribution in [0.3, 0.4) is 0 Å². The average molecular weight is 239 g/mol. The van der Waals surface area contributed by atoms with Gasteiger partial charge < -0.3 is 9.94 Å². The Morgan fingerprint density at radius 3 is 2.47 bits per heavy atom. The molecule has 1 rings (SSSR count). The molecule has 0 aromatic heterocycles. The molecule has 0 aromatic rings.